The van der Waals surface area contributed by atoms with Gasteiger partial charge in [0.15, 0.2) is 0 Å². The molecule has 2 heterocycles. The van der Waals surface area contributed by atoms with Crippen LogP contribution in [0.3, 0.4) is 0 Å². The van der Waals surface area contributed by atoms with Crippen LogP contribution in [0.5, 0.6) is 0 Å². The van der Waals surface area contributed by atoms with Crippen LogP contribution >= 0.6 is 0 Å². The van der Waals surface area contributed by atoms with E-state index in [1.807, 2.05) is 6.07 Å². The second-order valence-corrected chi connectivity index (χ2v) is 5.45. The highest BCUT2D eigenvalue weighted by molar-refractivity contribution is 6.05. The first-order valence-corrected chi connectivity index (χ1v) is 7.72. The van der Waals surface area contributed by atoms with Crippen molar-refractivity contribution in [3.63, 3.8) is 0 Å². The van der Waals surface area contributed by atoms with Crippen molar-refractivity contribution in [2.24, 2.45) is 0 Å². The van der Waals surface area contributed by atoms with Crippen LogP contribution in [0.1, 0.15) is 17.3 Å². The third kappa shape index (κ3) is 4.18. The van der Waals surface area contributed by atoms with Crippen LogP contribution in [0, 0.1) is 0 Å². The maximum absolute atomic E-state index is 12.4. The summed E-state index contributed by atoms with van der Waals surface area (Å²) in [7, 11) is 0. The second kappa shape index (κ2) is 7.39. The fourth-order valence-electron chi connectivity index (χ4n) is 2.29. The number of nitrogens with zero attached hydrogens (tertiary/aromatic N) is 2. The van der Waals surface area contributed by atoms with Gasteiger partial charge >= 0.3 is 0 Å². The predicted octanol–water partition coefficient (Wildman–Crippen LogP) is 2.04. The number of pyridine rings is 1. The number of benzene rings is 1. The van der Waals surface area contributed by atoms with Gasteiger partial charge in [-0.1, -0.05) is 12.1 Å². The highest BCUT2D eigenvalue weighted by atomic mass is 16.2. The van der Waals surface area contributed by atoms with Gasteiger partial charge in [0.2, 0.25) is 5.91 Å². The van der Waals surface area contributed by atoms with Crippen molar-refractivity contribution in [1.29, 1.82) is 0 Å². The lowest BCUT2D eigenvalue weighted by molar-refractivity contribution is -0.114. The van der Waals surface area contributed by atoms with Crippen LogP contribution < -0.4 is 16.2 Å². The Balaban J connectivity index is 1.79. The molecule has 3 rings (SSSR count). The fraction of sp³-hybridized carbons (Fsp3) is 0.0556. The highest BCUT2D eigenvalue weighted by Crippen LogP contribution is 2.20. The van der Waals surface area contributed by atoms with Gasteiger partial charge in [-0.3, -0.25) is 14.4 Å². The van der Waals surface area contributed by atoms with E-state index < -0.39 is 0 Å². The maximum atomic E-state index is 12.4. The van der Waals surface area contributed by atoms with Crippen molar-refractivity contribution in [2.45, 2.75) is 6.92 Å². The smallest absolute Gasteiger partial charge is 0.264 e. The molecule has 0 aliphatic rings. The zero-order valence-electron chi connectivity index (χ0n) is 13.8. The van der Waals surface area contributed by atoms with Crippen LogP contribution in [0.25, 0.3) is 11.3 Å². The molecule has 0 saturated carbocycles. The van der Waals surface area contributed by atoms with Crippen LogP contribution in [0.4, 0.5) is 11.5 Å². The maximum Gasteiger partial charge on any atom is 0.264 e. The largest absolute Gasteiger partial charge is 0.322 e. The van der Waals surface area contributed by atoms with Crippen LogP contribution in [-0.2, 0) is 4.79 Å². The van der Waals surface area contributed by atoms with Crippen molar-refractivity contribution in [1.82, 2.24) is 15.2 Å². The van der Waals surface area contributed by atoms with Crippen LogP contribution in [0.15, 0.2) is 59.5 Å². The molecular weight excluding hydrogens is 334 g/mol. The fourth-order valence-corrected chi connectivity index (χ4v) is 2.29. The molecule has 26 heavy (non-hydrogen) atoms. The number of hydrogen-bond acceptors (Lipinski definition) is 5. The number of carbonyl (C=O) groups is 2. The monoisotopic (exact) mass is 349 g/mol. The Morgan fingerprint density at radius 1 is 1.04 bits per heavy atom. The van der Waals surface area contributed by atoms with Crippen molar-refractivity contribution in [2.75, 3.05) is 10.6 Å². The van der Waals surface area contributed by atoms with Crippen LogP contribution in [-0.4, -0.2) is 27.0 Å². The van der Waals surface area contributed by atoms with Gasteiger partial charge in [-0.25, -0.2) is 10.1 Å². The molecule has 0 aliphatic heterocycles. The van der Waals surface area contributed by atoms with Gasteiger partial charge in [0.25, 0.3) is 11.5 Å². The molecule has 3 aromatic rings. The van der Waals surface area contributed by atoms with E-state index >= 15 is 0 Å². The average Bonchev–Trinajstić information content (AvgIpc) is 2.62. The molecule has 130 valence electrons. The first-order chi connectivity index (χ1) is 12.5. The Labute approximate surface area is 148 Å². The van der Waals surface area contributed by atoms with Gasteiger partial charge in [-0.05, 0) is 30.3 Å². The predicted molar refractivity (Wildman–Crippen MR) is 96.8 cm³/mol. The summed E-state index contributed by atoms with van der Waals surface area (Å²) >= 11 is 0. The number of aromatic nitrogens is 3. The van der Waals surface area contributed by atoms with E-state index in [1.54, 1.807) is 30.3 Å². The Morgan fingerprint density at radius 3 is 2.62 bits per heavy atom. The molecule has 8 heteroatoms. The Hall–Kier alpha value is -3.81. The summed E-state index contributed by atoms with van der Waals surface area (Å²) in [6, 6.07) is 13.1. The first-order valence-electron chi connectivity index (χ1n) is 7.72. The van der Waals surface area contributed by atoms with Gasteiger partial charge < -0.3 is 10.6 Å². The van der Waals surface area contributed by atoms with Gasteiger partial charge in [-0.15, -0.1) is 0 Å². The third-order valence-corrected chi connectivity index (χ3v) is 3.42. The quantitative estimate of drug-likeness (QED) is 0.666. The SMILES string of the molecule is CC(=O)Nc1cc(C(=O)Nc2cccc(-c3ccc(=O)[nH]n3)c2)ccn1. The van der Waals surface area contributed by atoms with E-state index in [4.69, 9.17) is 0 Å². The minimum absolute atomic E-state index is 0.267. The van der Waals surface area contributed by atoms with E-state index in [0.717, 1.165) is 5.56 Å². The molecule has 0 fully saturated rings. The molecule has 0 atom stereocenters. The molecule has 2 aromatic heterocycles. The van der Waals surface area contributed by atoms with Gasteiger partial charge in [0, 0.05) is 36.0 Å². The van der Waals surface area contributed by atoms with E-state index in [1.165, 1.54) is 25.3 Å². The minimum atomic E-state index is -0.342. The van der Waals surface area contributed by atoms with Crippen LogP contribution in [0.2, 0.25) is 0 Å². The molecule has 3 N–H and O–H groups in total. The Kier molecular flexibility index (Phi) is 4.84. The van der Waals surface area contributed by atoms with Gasteiger partial charge in [0.05, 0.1) is 5.69 Å². The summed E-state index contributed by atoms with van der Waals surface area (Å²) in [4.78, 5) is 38.6. The average molecular weight is 349 g/mol. The lowest BCUT2D eigenvalue weighted by Crippen LogP contribution is -2.14. The topological polar surface area (TPSA) is 117 Å². The molecule has 1 aromatic carbocycles. The molecule has 0 bridgehead atoms. The molecule has 0 radical (unpaired) electrons. The van der Waals surface area contributed by atoms with Crippen molar-refractivity contribution in [3.05, 3.63) is 70.6 Å². The summed E-state index contributed by atoms with van der Waals surface area (Å²) < 4.78 is 0. The van der Waals surface area contributed by atoms with E-state index in [-0.39, 0.29) is 17.4 Å². The highest BCUT2D eigenvalue weighted by Gasteiger charge is 2.09. The number of H-pyrrole nitrogens is 1. The summed E-state index contributed by atoms with van der Waals surface area (Å²) in [6.45, 7) is 1.37. The molecule has 8 nitrogen and oxygen atoms in total. The number of anilines is 2. The zero-order valence-corrected chi connectivity index (χ0v) is 13.8. The summed E-state index contributed by atoms with van der Waals surface area (Å²) in [5.74, 6) is -0.307. The number of carbonyl (C=O) groups excluding carboxylic acids is 2. The van der Waals surface area contributed by atoms with Crippen molar-refractivity contribution < 1.29 is 9.59 Å². The molecule has 0 aliphatic carbocycles. The summed E-state index contributed by atoms with van der Waals surface area (Å²) in [6.07, 6.45) is 1.45. The Morgan fingerprint density at radius 2 is 1.88 bits per heavy atom. The Bertz CT molecular complexity index is 1010. The number of nitrogens with one attached hydrogen (secondary N) is 3. The number of rotatable bonds is 4. The normalized spacial score (nSPS) is 10.2. The summed E-state index contributed by atoms with van der Waals surface area (Å²) in [5.41, 5.74) is 1.96. The third-order valence-electron chi connectivity index (χ3n) is 3.42. The molecular formula is C18H15N5O3. The standard InChI is InChI=1S/C18H15N5O3/c1-11(24)20-16-10-13(7-8-19-16)18(26)21-14-4-2-3-12(9-14)15-5-6-17(25)23-22-15/h2-10H,1H3,(H,21,26)(H,23,25)(H,19,20,24). The number of amides is 2. The van der Waals surface area contributed by atoms with Gasteiger partial charge in [-0.2, -0.15) is 5.10 Å². The first kappa shape index (κ1) is 17.0. The molecule has 0 spiro atoms. The van der Waals surface area contributed by atoms with Crippen molar-refractivity contribution >= 4 is 23.3 Å². The summed E-state index contributed by atoms with van der Waals surface area (Å²) in [5, 5.41) is 11.7. The van der Waals surface area contributed by atoms with Crippen molar-refractivity contribution in [3.8, 4) is 11.3 Å². The second-order valence-electron chi connectivity index (χ2n) is 5.45. The van der Waals surface area contributed by atoms with E-state index in [0.29, 0.717) is 22.8 Å². The lowest BCUT2D eigenvalue weighted by Gasteiger charge is -2.08. The minimum Gasteiger partial charge on any atom is -0.322 e. The van der Waals surface area contributed by atoms with Gasteiger partial charge in [0.1, 0.15) is 5.82 Å². The van der Waals surface area contributed by atoms with E-state index in [9.17, 15) is 14.4 Å². The lowest BCUT2D eigenvalue weighted by atomic mass is 10.1. The number of aromatic amines is 1. The molecule has 2 amide bonds. The molecule has 0 unspecified atom stereocenters. The zero-order chi connectivity index (χ0) is 18.5. The number of hydrogen-bond donors (Lipinski definition) is 3. The molecule has 0 saturated heterocycles. The van der Waals surface area contributed by atoms with E-state index in [2.05, 4.69) is 25.8 Å².